The Morgan fingerprint density at radius 3 is 2.77 bits per heavy atom. The number of hydrogen-bond donors (Lipinski definition) is 0. The van der Waals surface area contributed by atoms with Crippen LogP contribution in [0, 0.1) is 4.77 Å². The molecule has 1 atom stereocenters. The van der Waals surface area contributed by atoms with Gasteiger partial charge in [0.05, 0.1) is 38.4 Å². The Hall–Kier alpha value is -2.20. The number of thiophene rings is 1. The highest BCUT2D eigenvalue weighted by Gasteiger charge is 2.21. The lowest BCUT2D eigenvalue weighted by atomic mass is 10.2. The zero-order valence-corrected chi connectivity index (χ0v) is 19.7. The van der Waals surface area contributed by atoms with Crippen molar-refractivity contribution in [3.8, 4) is 22.2 Å². The summed E-state index contributed by atoms with van der Waals surface area (Å²) in [5.41, 5.74) is 1.13. The Morgan fingerprint density at radius 2 is 2.10 bits per heavy atom. The van der Waals surface area contributed by atoms with E-state index in [1.54, 1.807) is 25.6 Å². The van der Waals surface area contributed by atoms with Gasteiger partial charge in [0.1, 0.15) is 0 Å². The van der Waals surface area contributed by atoms with Crippen LogP contribution in [0.15, 0.2) is 35.7 Å². The van der Waals surface area contributed by atoms with Crippen LogP contribution in [0.1, 0.15) is 18.4 Å². The smallest absolute Gasteiger partial charge is 0.199 e. The molecule has 3 aromatic rings. The number of aromatic nitrogens is 3. The zero-order valence-electron chi connectivity index (χ0n) is 18.1. The number of nitrogens with zero attached hydrogens (tertiary/aromatic N) is 4. The molecule has 0 aliphatic carbocycles. The van der Waals surface area contributed by atoms with Crippen LogP contribution >= 0.6 is 23.6 Å². The van der Waals surface area contributed by atoms with E-state index < -0.39 is 0 Å². The molecular formula is C22H28N4O3S2. The molecule has 1 saturated heterocycles. The second-order valence-electron chi connectivity index (χ2n) is 7.67. The third-order valence-electron chi connectivity index (χ3n) is 5.35. The van der Waals surface area contributed by atoms with Crippen LogP contribution < -0.4 is 9.47 Å². The lowest BCUT2D eigenvalue weighted by Gasteiger charge is -2.17. The van der Waals surface area contributed by atoms with Crippen molar-refractivity contribution in [3.05, 3.63) is 46.0 Å². The Kier molecular flexibility index (Phi) is 7.06. The summed E-state index contributed by atoms with van der Waals surface area (Å²) in [7, 11) is 5.35. The second kappa shape index (κ2) is 9.95. The third-order valence-corrected chi connectivity index (χ3v) is 6.65. The average molecular weight is 461 g/mol. The summed E-state index contributed by atoms with van der Waals surface area (Å²) in [4.78, 5) is 3.30. The lowest BCUT2D eigenvalue weighted by Crippen LogP contribution is -2.23. The fraction of sp³-hybridized carbons (Fsp3) is 0.455. The minimum atomic E-state index is 0.201. The van der Waals surface area contributed by atoms with Crippen LogP contribution in [0.2, 0.25) is 0 Å². The van der Waals surface area contributed by atoms with Crippen LogP contribution in [-0.2, 0) is 24.5 Å². The van der Waals surface area contributed by atoms with Crippen molar-refractivity contribution in [1.82, 2.24) is 19.2 Å². The molecule has 0 unspecified atom stereocenters. The molecule has 0 saturated carbocycles. The number of methoxy groups -OCH3 is 2. The monoisotopic (exact) mass is 460 g/mol. The molecule has 0 amide bonds. The molecule has 3 heterocycles. The van der Waals surface area contributed by atoms with E-state index in [4.69, 9.17) is 31.5 Å². The van der Waals surface area contributed by atoms with Crippen molar-refractivity contribution >= 4 is 23.6 Å². The van der Waals surface area contributed by atoms with Gasteiger partial charge < -0.3 is 14.2 Å². The van der Waals surface area contributed by atoms with Gasteiger partial charge in [0.25, 0.3) is 0 Å². The standard InChI is InChI=1S/C22H28N4O3S2/c1-24(13-16-8-9-18(27-2)19(12-16)28-3)15-26-22(30)25(14-17-6-4-10-29-17)21(23-26)20-7-5-11-31-20/h5,7-9,11-12,17H,4,6,10,13-15H2,1-3H3/t17-/m0/s1. The van der Waals surface area contributed by atoms with Gasteiger partial charge in [-0.3, -0.25) is 9.47 Å². The molecule has 1 fully saturated rings. The third kappa shape index (κ3) is 5.01. The summed E-state index contributed by atoms with van der Waals surface area (Å²) < 4.78 is 21.4. The number of benzene rings is 1. The van der Waals surface area contributed by atoms with Crippen molar-refractivity contribution in [2.24, 2.45) is 0 Å². The lowest BCUT2D eigenvalue weighted by molar-refractivity contribution is 0.0967. The molecule has 0 spiro atoms. The first kappa shape index (κ1) is 22.0. The number of ether oxygens (including phenoxy) is 3. The van der Waals surface area contributed by atoms with Crippen molar-refractivity contribution in [2.75, 3.05) is 27.9 Å². The van der Waals surface area contributed by atoms with Crippen molar-refractivity contribution < 1.29 is 14.2 Å². The molecule has 9 heteroatoms. The molecule has 0 radical (unpaired) electrons. The minimum absolute atomic E-state index is 0.201. The quantitative estimate of drug-likeness (QED) is 0.441. The Balaban J connectivity index is 1.54. The SMILES string of the molecule is COc1ccc(CN(C)Cn2nc(-c3cccs3)n(C[C@@H]3CCCO3)c2=S)cc1OC. The molecule has 0 bridgehead atoms. The molecule has 166 valence electrons. The molecule has 1 aromatic carbocycles. The van der Waals surface area contributed by atoms with Crippen LogP contribution in [-0.4, -0.2) is 53.2 Å². The van der Waals surface area contributed by atoms with Gasteiger partial charge in [-0.25, -0.2) is 4.68 Å². The van der Waals surface area contributed by atoms with Gasteiger partial charge in [0.2, 0.25) is 0 Å². The van der Waals surface area contributed by atoms with E-state index in [1.807, 2.05) is 28.9 Å². The minimum Gasteiger partial charge on any atom is -0.493 e. The Labute approximate surface area is 191 Å². The molecular weight excluding hydrogens is 432 g/mol. The second-order valence-corrected chi connectivity index (χ2v) is 8.99. The van der Waals surface area contributed by atoms with Gasteiger partial charge in [-0.2, -0.15) is 0 Å². The van der Waals surface area contributed by atoms with Crippen LogP contribution in [0.4, 0.5) is 0 Å². The molecule has 2 aromatic heterocycles. The largest absolute Gasteiger partial charge is 0.493 e. The van der Waals surface area contributed by atoms with Gasteiger partial charge in [-0.1, -0.05) is 12.1 Å². The highest BCUT2D eigenvalue weighted by atomic mass is 32.1. The normalized spacial score (nSPS) is 16.2. The van der Waals surface area contributed by atoms with Gasteiger partial charge in [0, 0.05) is 13.2 Å². The summed E-state index contributed by atoms with van der Waals surface area (Å²) >= 11 is 7.50. The van der Waals surface area contributed by atoms with E-state index in [9.17, 15) is 0 Å². The molecule has 1 aliphatic rings. The summed E-state index contributed by atoms with van der Waals surface area (Å²) in [6.07, 6.45) is 2.37. The van der Waals surface area contributed by atoms with Gasteiger partial charge in [-0.15, -0.1) is 16.4 Å². The van der Waals surface area contributed by atoms with Gasteiger partial charge in [0.15, 0.2) is 22.1 Å². The molecule has 0 N–H and O–H groups in total. The van der Waals surface area contributed by atoms with Gasteiger partial charge >= 0.3 is 0 Å². The molecule has 4 rings (SSSR count). The van der Waals surface area contributed by atoms with E-state index in [0.717, 1.165) is 65.1 Å². The van der Waals surface area contributed by atoms with E-state index >= 15 is 0 Å². The topological polar surface area (TPSA) is 53.7 Å². The predicted octanol–water partition coefficient (Wildman–Crippen LogP) is 4.43. The fourth-order valence-electron chi connectivity index (χ4n) is 3.85. The van der Waals surface area contributed by atoms with Crippen molar-refractivity contribution in [3.63, 3.8) is 0 Å². The first-order chi connectivity index (χ1) is 15.1. The summed E-state index contributed by atoms with van der Waals surface area (Å²) in [6, 6.07) is 10.1. The molecule has 7 nitrogen and oxygen atoms in total. The predicted molar refractivity (Wildman–Crippen MR) is 124 cm³/mol. The van der Waals surface area contributed by atoms with E-state index in [0.29, 0.717) is 6.67 Å². The summed E-state index contributed by atoms with van der Waals surface area (Å²) in [6.45, 7) is 2.89. The Bertz CT molecular complexity index is 1060. The van der Waals surface area contributed by atoms with E-state index in [-0.39, 0.29) is 6.10 Å². The molecule has 31 heavy (non-hydrogen) atoms. The number of hydrogen-bond acceptors (Lipinski definition) is 7. The zero-order chi connectivity index (χ0) is 21.8. The first-order valence-electron chi connectivity index (χ1n) is 10.3. The summed E-state index contributed by atoms with van der Waals surface area (Å²) in [5, 5.41) is 6.95. The highest BCUT2D eigenvalue weighted by Crippen LogP contribution is 2.28. The van der Waals surface area contributed by atoms with Crippen molar-refractivity contribution in [2.45, 2.75) is 38.7 Å². The molecule has 1 aliphatic heterocycles. The first-order valence-corrected chi connectivity index (χ1v) is 11.6. The maximum Gasteiger partial charge on any atom is 0.199 e. The van der Waals surface area contributed by atoms with Crippen LogP contribution in [0.25, 0.3) is 10.7 Å². The maximum atomic E-state index is 5.86. The van der Waals surface area contributed by atoms with E-state index in [2.05, 4.69) is 28.0 Å². The van der Waals surface area contributed by atoms with Crippen molar-refractivity contribution in [1.29, 1.82) is 0 Å². The maximum absolute atomic E-state index is 5.86. The van der Waals surface area contributed by atoms with Crippen LogP contribution in [0.5, 0.6) is 11.5 Å². The fourth-order valence-corrected chi connectivity index (χ4v) is 4.82. The Morgan fingerprint density at radius 1 is 1.26 bits per heavy atom. The summed E-state index contributed by atoms with van der Waals surface area (Å²) in [5.74, 6) is 2.37. The number of rotatable bonds is 9. The van der Waals surface area contributed by atoms with Gasteiger partial charge in [-0.05, 0) is 61.2 Å². The average Bonchev–Trinajstić information content (AvgIpc) is 3.53. The van der Waals surface area contributed by atoms with Crippen LogP contribution in [0.3, 0.4) is 0 Å². The van der Waals surface area contributed by atoms with E-state index in [1.165, 1.54) is 0 Å². The highest BCUT2D eigenvalue weighted by molar-refractivity contribution is 7.71.